The van der Waals surface area contributed by atoms with Gasteiger partial charge < -0.3 is 15.5 Å². The molecule has 2 aliphatic carbocycles. The molecule has 2 saturated carbocycles. The molecule has 2 unspecified atom stereocenters. The second kappa shape index (κ2) is 10.00. The summed E-state index contributed by atoms with van der Waals surface area (Å²) in [5.74, 6) is -3.83. The standard InChI is InChI=1S/C27H25ClF2N2O5S/c28-21-5-1-16(26(34)32-19-4-6-22(29)23(30)14-19)11-24(21)38(36,37)20-12-17-2-3-18(13-20)27(17,35)25(33)15-7-9-31-10-8-15/h1,4-11,14,17-18,20,25,33,35H,2-3,12-13H2,(H,32,34)/t17-,18?,20-,25?,27-/m0/s1. The van der Waals surface area contributed by atoms with Gasteiger partial charge in [-0.25, -0.2) is 17.2 Å². The van der Waals surface area contributed by atoms with Gasteiger partial charge in [0, 0.05) is 29.7 Å². The Bertz CT molecular complexity index is 1470. The van der Waals surface area contributed by atoms with Gasteiger partial charge in [-0.15, -0.1) is 0 Å². The Morgan fingerprint density at radius 1 is 1.03 bits per heavy atom. The Hall–Kier alpha value is -2.92. The van der Waals surface area contributed by atoms with Crippen LogP contribution in [0.5, 0.6) is 0 Å². The maximum atomic E-state index is 13.7. The van der Waals surface area contributed by atoms with Crippen molar-refractivity contribution in [1.82, 2.24) is 4.98 Å². The molecule has 7 nitrogen and oxygen atoms in total. The fourth-order valence-electron chi connectivity index (χ4n) is 5.87. The molecule has 5 atom stereocenters. The van der Waals surface area contributed by atoms with Crippen molar-refractivity contribution in [2.24, 2.45) is 11.8 Å². The summed E-state index contributed by atoms with van der Waals surface area (Å²) in [5, 5.41) is 24.1. The second-order valence-electron chi connectivity index (χ2n) is 9.91. The predicted octanol–water partition coefficient (Wildman–Crippen LogP) is 4.69. The summed E-state index contributed by atoms with van der Waals surface area (Å²) in [6, 6.07) is 9.93. The minimum atomic E-state index is -4.02. The highest BCUT2D eigenvalue weighted by Crippen LogP contribution is 2.56. The summed E-state index contributed by atoms with van der Waals surface area (Å²) in [6.07, 6.45) is 3.26. The Morgan fingerprint density at radius 2 is 1.68 bits per heavy atom. The van der Waals surface area contributed by atoms with E-state index in [2.05, 4.69) is 10.3 Å². The molecule has 0 saturated heterocycles. The van der Waals surface area contributed by atoms with Crippen molar-refractivity contribution in [3.8, 4) is 0 Å². The number of fused-ring (bicyclic) bond motifs is 2. The maximum absolute atomic E-state index is 13.7. The van der Waals surface area contributed by atoms with E-state index in [0.717, 1.165) is 12.1 Å². The first-order valence-corrected chi connectivity index (χ1v) is 14.0. The lowest BCUT2D eigenvalue weighted by Crippen LogP contribution is -2.52. The number of carbonyl (C=O) groups excluding carboxylic acids is 1. The molecule has 2 bridgehead atoms. The summed E-state index contributed by atoms with van der Waals surface area (Å²) in [6.45, 7) is 0. The fourth-order valence-corrected chi connectivity index (χ4v) is 8.28. The van der Waals surface area contributed by atoms with E-state index >= 15 is 0 Å². The molecule has 2 aromatic carbocycles. The van der Waals surface area contributed by atoms with Gasteiger partial charge in [0.05, 0.1) is 15.2 Å². The number of hydrogen-bond donors (Lipinski definition) is 3. The third-order valence-electron chi connectivity index (χ3n) is 7.84. The summed E-state index contributed by atoms with van der Waals surface area (Å²) in [4.78, 5) is 16.5. The molecule has 1 amide bonds. The van der Waals surface area contributed by atoms with Crippen LogP contribution in [0.3, 0.4) is 0 Å². The number of hydrogen-bond acceptors (Lipinski definition) is 6. The molecular formula is C27H25ClF2N2O5S. The third kappa shape index (κ3) is 4.59. The van der Waals surface area contributed by atoms with Crippen molar-refractivity contribution < 1.29 is 32.2 Å². The van der Waals surface area contributed by atoms with E-state index in [1.807, 2.05) is 0 Å². The fraction of sp³-hybridized carbons (Fsp3) is 0.333. The molecule has 0 spiro atoms. The zero-order valence-corrected chi connectivity index (χ0v) is 21.6. The topological polar surface area (TPSA) is 117 Å². The van der Waals surface area contributed by atoms with Crippen molar-refractivity contribution in [2.75, 3.05) is 5.32 Å². The lowest BCUT2D eigenvalue weighted by atomic mass is 9.69. The molecule has 2 aliphatic rings. The molecule has 38 heavy (non-hydrogen) atoms. The number of carbonyl (C=O) groups is 1. The SMILES string of the molecule is O=C(Nc1ccc(F)c(F)c1)c1ccc(Cl)c(S(=O)(=O)[C@@H]2CC3CC[C@@H](C2)[C@@]3(O)C(O)c2ccncc2)c1. The van der Waals surface area contributed by atoms with Gasteiger partial charge in [-0.2, -0.15) is 0 Å². The molecule has 5 rings (SSSR count). The molecule has 1 aromatic heterocycles. The average molecular weight is 563 g/mol. The van der Waals surface area contributed by atoms with E-state index in [4.69, 9.17) is 11.6 Å². The Balaban J connectivity index is 1.39. The van der Waals surface area contributed by atoms with Crippen molar-refractivity contribution >= 4 is 33.0 Å². The van der Waals surface area contributed by atoms with Gasteiger partial charge in [0.25, 0.3) is 5.91 Å². The number of aliphatic hydroxyl groups is 2. The van der Waals surface area contributed by atoms with Crippen LogP contribution in [0.15, 0.2) is 65.8 Å². The zero-order chi connectivity index (χ0) is 27.2. The quantitative estimate of drug-likeness (QED) is 0.401. The molecule has 0 radical (unpaired) electrons. The molecule has 2 fully saturated rings. The first-order valence-electron chi connectivity index (χ1n) is 12.1. The third-order valence-corrected chi connectivity index (χ3v) is 10.5. The monoisotopic (exact) mass is 562 g/mol. The number of amides is 1. The number of benzene rings is 2. The van der Waals surface area contributed by atoms with Gasteiger partial charge in [-0.1, -0.05) is 11.6 Å². The van der Waals surface area contributed by atoms with Crippen LogP contribution in [0.1, 0.15) is 47.7 Å². The van der Waals surface area contributed by atoms with E-state index in [1.165, 1.54) is 36.7 Å². The van der Waals surface area contributed by atoms with Gasteiger partial charge in [0.1, 0.15) is 11.7 Å². The van der Waals surface area contributed by atoms with Crippen molar-refractivity contribution in [2.45, 2.75) is 47.5 Å². The van der Waals surface area contributed by atoms with Crippen molar-refractivity contribution in [3.63, 3.8) is 0 Å². The molecular weight excluding hydrogens is 538 g/mol. The average Bonchev–Trinajstić information content (AvgIpc) is 3.06. The van der Waals surface area contributed by atoms with Crippen molar-refractivity contribution in [1.29, 1.82) is 0 Å². The Morgan fingerprint density at radius 3 is 2.32 bits per heavy atom. The maximum Gasteiger partial charge on any atom is 0.255 e. The number of aliphatic hydroxyl groups excluding tert-OH is 1. The highest BCUT2D eigenvalue weighted by Gasteiger charge is 2.59. The molecule has 3 N–H and O–H groups in total. The minimum absolute atomic E-state index is 0.00385. The molecule has 3 aromatic rings. The molecule has 0 aliphatic heterocycles. The van der Waals surface area contributed by atoms with Crippen LogP contribution in [-0.2, 0) is 9.84 Å². The normalized spacial score (nSPS) is 25.7. The first kappa shape index (κ1) is 26.7. The van der Waals surface area contributed by atoms with E-state index in [-0.39, 0.29) is 34.0 Å². The lowest BCUT2D eigenvalue weighted by Gasteiger charge is -2.45. The first-order chi connectivity index (χ1) is 18.0. The van der Waals surface area contributed by atoms with E-state index in [0.29, 0.717) is 18.4 Å². The molecule has 11 heteroatoms. The largest absolute Gasteiger partial charge is 0.386 e. The van der Waals surface area contributed by atoms with Crippen LogP contribution in [0.25, 0.3) is 0 Å². The summed E-state index contributed by atoms with van der Waals surface area (Å²) >= 11 is 6.28. The number of nitrogens with one attached hydrogen (secondary N) is 1. The van der Waals surface area contributed by atoms with Gasteiger partial charge in [0.15, 0.2) is 21.5 Å². The van der Waals surface area contributed by atoms with E-state index in [9.17, 15) is 32.2 Å². The van der Waals surface area contributed by atoms with Crippen LogP contribution in [0.4, 0.5) is 14.5 Å². The van der Waals surface area contributed by atoms with Crippen LogP contribution >= 0.6 is 11.6 Å². The lowest BCUT2D eigenvalue weighted by molar-refractivity contribution is -0.144. The number of anilines is 1. The smallest absolute Gasteiger partial charge is 0.255 e. The number of nitrogens with zero attached hydrogens (tertiary/aromatic N) is 1. The predicted molar refractivity (Wildman–Crippen MR) is 136 cm³/mol. The summed E-state index contributed by atoms with van der Waals surface area (Å²) < 4.78 is 54.2. The Kier molecular flexibility index (Phi) is 7.02. The number of pyridine rings is 1. The number of halogens is 3. The van der Waals surface area contributed by atoms with Crippen LogP contribution < -0.4 is 5.32 Å². The van der Waals surface area contributed by atoms with Gasteiger partial charge >= 0.3 is 0 Å². The van der Waals surface area contributed by atoms with E-state index in [1.54, 1.807) is 12.1 Å². The number of aromatic nitrogens is 1. The van der Waals surface area contributed by atoms with Gasteiger partial charge in [0.2, 0.25) is 0 Å². The summed E-state index contributed by atoms with van der Waals surface area (Å²) in [5.41, 5.74) is -0.975. The molecule has 1 heterocycles. The number of rotatable bonds is 6. The van der Waals surface area contributed by atoms with Crippen LogP contribution in [0, 0.1) is 23.5 Å². The van der Waals surface area contributed by atoms with Crippen LogP contribution in [0.2, 0.25) is 5.02 Å². The van der Waals surface area contributed by atoms with Crippen LogP contribution in [-0.4, -0.2) is 40.4 Å². The summed E-state index contributed by atoms with van der Waals surface area (Å²) in [7, 11) is -4.02. The van der Waals surface area contributed by atoms with E-state index < -0.39 is 56.2 Å². The Labute approximate surface area is 223 Å². The minimum Gasteiger partial charge on any atom is -0.386 e. The van der Waals surface area contributed by atoms with Crippen molar-refractivity contribution in [3.05, 3.63) is 88.7 Å². The van der Waals surface area contributed by atoms with Gasteiger partial charge in [-0.05, 0) is 85.5 Å². The number of sulfone groups is 1. The molecule has 200 valence electrons. The zero-order valence-electron chi connectivity index (χ0n) is 20.0. The van der Waals surface area contributed by atoms with Gasteiger partial charge in [-0.3, -0.25) is 9.78 Å². The second-order valence-corrected chi connectivity index (χ2v) is 12.5. The highest BCUT2D eigenvalue weighted by molar-refractivity contribution is 7.92. The highest BCUT2D eigenvalue weighted by atomic mass is 35.5.